The maximum atomic E-state index is 6.18. The third-order valence-corrected chi connectivity index (χ3v) is 5.39. The zero-order chi connectivity index (χ0) is 14.3. The molecular weight excluding hydrogens is 264 g/mol. The molecule has 1 aromatic rings. The van der Waals surface area contributed by atoms with Gasteiger partial charge >= 0.3 is 0 Å². The Kier molecular flexibility index (Phi) is 3.40. The minimum Gasteiger partial charge on any atom is -0.398 e. The van der Waals surface area contributed by atoms with E-state index in [0.29, 0.717) is 6.04 Å². The summed E-state index contributed by atoms with van der Waals surface area (Å²) in [6.07, 6.45) is 4.40. The van der Waals surface area contributed by atoms with Crippen molar-refractivity contribution in [3.05, 3.63) is 29.3 Å². The van der Waals surface area contributed by atoms with Crippen LogP contribution < -0.4 is 5.73 Å². The predicted octanol–water partition coefficient (Wildman–Crippen LogP) is 1.97. The Morgan fingerprint density at radius 2 is 2.24 bits per heavy atom. The van der Waals surface area contributed by atoms with Gasteiger partial charge in [-0.15, -0.1) is 0 Å². The summed E-state index contributed by atoms with van der Waals surface area (Å²) in [6.45, 7) is 4.61. The summed E-state index contributed by atoms with van der Waals surface area (Å²) in [5, 5.41) is 0. The summed E-state index contributed by atoms with van der Waals surface area (Å²) >= 11 is 0. The van der Waals surface area contributed by atoms with Crippen molar-refractivity contribution in [3.63, 3.8) is 0 Å². The largest absolute Gasteiger partial charge is 0.398 e. The first-order valence-corrected chi connectivity index (χ1v) is 8.08. The molecule has 4 nitrogen and oxygen atoms in total. The van der Waals surface area contributed by atoms with Gasteiger partial charge in [-0.3, -0.25) is 4.90 Å². The van der Waals surface area contributed by atoms with E-state index >= 15 is 0 Å². The van der Waals surface area contributed by atoms with E-state index in [-0.39, 0.29) is 5.60 Å². The second-order valence-electron chi connectivity index (χ2n) is 6.69. The Balaban J connectivity index is 1.51. The van der Waals surface area contributed by atoms with Crippen molar-refractivity contribution in [2.45, 2.75) is 43.9 Å². The van der Waals surface area contributed by atoms with Gasteiger partial charge < -0.3 is 15.2 Å². The van der Waals surface area contributed by atoms with Crippen LogP contribution in [-0.2, 0) is 22.4 Å². The lowest BCUT2D eigenvalue weighted by Gasteiger charge is -2.44. The molecule has 0 radical (unpaired) electrons. The average Bonchev–Trinajstić information content (AvgIpc) is 2.95. The van der Waals surface area contributed by atoms with Crippen LogP contribution in [0.5, 0.6) is 0 Å². The highest BCUT2D eigenvalue weighted by Gasteiger charge is 2.42. The molecule has 2 N–H and O–H groups in total. The first-order valence-electron chi connectivity index (χ1n) is 8.08. The summed E-state index contributed by atoms with van der Waals surface area (Å²) in [5.74, 6) is 0. The molecule has 3 heterocycles. The van der Waals surface area contributed by atoms with Crippen LogP contribution in [0, 0.1) is 0 Å². The highest BCUT2D eigenvalue weighted by atomic mass is 16.6. The number of anilines is 1. The average molecular weight is 288 g/mol. The van der Waals surface area contributed by atoms with E-state index in [0.717, 1.165) is 64.3 Å². The zero-order valence-electron chi connectivity index (χ0n) is 12.5. The SMILES string of the molecule is Nc1cccc2c1CN(C1CCOC3(CCOC3)C1)CC2. The number of fused-ring (bicyclic) bond motifs is 1. The Bertz CT molecular complexity index is 526. The monoisotopic (exact) mass is 288 g/mol. The van der Waals surface area contributed by atoms with Gasteiger partial charge in [-0.25, -0.2) is 0 Å². The molecule has 2 unspecified atom stereocenters. The summed E-state index contributed by atoms with van der Waals surface area (Å²) in [7, 11) is 0. The fourth-order valence-corrected chi connectivity index (χ4v) is 4.12. The van der Waals surface area contributed by atoms with Crippen LogP contribution in [0.15, 0.2) is 18.2 Å². The molecule has 21 heavy (non-hydrogen) atoms. The first kappa shape index (κ1) is 13.6. The van der Waals surface area contributed by atoms with Crippen molar-refractivity contribution in [2.75, 3.05) is 32.1 Å². The van der Waals surface area contributed by atoms with Crippen molar-refractivity contribution in [3.8, 4) is 0 Å². The number of nitrogens with zero attached hydrogens (tertiary/aromatic N) is 1. The number of ether oxygens (including phenoxy) is 2. The molecule has 0 amide bonds. The van der Waals surface area contributed by atoms with Crippen LogP contribution in [0.3, 0.4) is 0 Å². The number of benzene rings is 1. The van der Waals surface area contributed by atoms with Gasteiger partial charge in [0.2, 0.25) is 0 Å². The summed E-state index contributed by atoms with van der Waals surface area (Å²) in [5.41, 5.74) is 9.88. The molecule has 2 saturated heterocycles. The number of nitrogen functional groups attached to an aromatic ring is 1. The van der Waals surface area contributed by atoms with Crippen molar-refractivity contribution in [2.24, 2.45) is 0 Å². The third-order valence-electron chi connectivity index (χ3n) is 5.39. The molecule has 1 spiro atoms. The summed E-state index contributed by atoms with van der Waals surface area (Å²) < 4.78 is 11.6. The molecule has 2 fully saturated rings. The van der Waals surface area contributed by atoms with Crippen molar-refractivity contribution in [1.82, 2.24) is 4.90 Å². The quantitative estimate of drug-likeness (QED) is 0.803. The van der Waals surface area contributed by atoms with Crippen LogP contribution >= 0.6 is 0 Å². The summed E-state index contributed by atoms with van der Waals surface area (Å²) in [4.78, 5) is 2.61. The van der Waals surface area contributed by atoms with Crippen LogP contribution in [0.2, 0.25) is 0 Å². The lowest BCUT2D eigenvalue weighted by molar-refractivity contribution is -0.108. The molecule has 0 aromatic heterocycles. The van der Waals surface area contributed by atoms with Gasteiger partial charge in [-0.05, 0) is 36.5 Å². The van der Waals surface area contributed by atoms with Gasteiger partial charge in [0.15, 0.2) is 0 Å². The Labute approximate surface area is 126 Å². The van der Waals surface area contributed by atoms with Crippen LogP contribution in [0.1, 0.15) is 30.4 Å². The topological polar surface area (TPSA) is 47.7 Å². The number of hydrogen-bond acceptors (Lipinski definition) is 4. The van der Waals surface area contributed by atoms with Gasteiger partial charge in [-0.1, -0.05) is 12.1 Å². The van der Waals surface area contributed by atoms with E-state index in [1.54, 1.807) is 0 Å². The highest BCUT2D eigenvalue weighted by molar-refractivity contribution is 5.51. The molecule has 0 saturated carbocycles. The fourth-order valence-electron chi connectivity index (χ4n) is 4.12. The lowest BCUT2D eigenvalue weighted by atomic mass is 9.87. The van der Waals surface area contributed by atoms with Crippen molar-refractivity contribution in [1.29, 1.82) is 0 Å². The number of rotatable bonds is 1. The van der Waals surface area contributed by atoms with Gasteiger partial charge in [0.05, 0.1) is 12.2 Å². The molecule has 0 bridgehead atoms. The number of hydrogen-bond donors (Lipinski definition) is 1. The van der Waals surface area contributed by atoms with Gasteiger partial charge in [-0.2, -0.15) is 0 Å². The molecule has 1 aromatic carbocycles. The minimum absolute atomic E-state index is 0.00851. The molecule has 2 atom stereocenters. The van der Waals surface area contributed by atoms with Crippen LogP contribution in [-0.4, -0.2) is 42.9 Å². The molecule has 4 heteroatoms. The zero-order valence-corrected chi connectivity index (χ0v) is 12.5. The molecule has 3 aliphatic rings. The molecule has 114 valence electrons. The second kappa shape index (κ2) is 5.27. The predicted molar refractivity (Wildman–Crippen MR) is 82.1 cm³/mol. The van der Waals surface area contributed by atoms with Crippen molar-refractivity contribution < 1.29 is 9.47 Å². The van der Waals surface area contributed by atoms with Gasteiger partial charge in [0.1, 0.15) is 0 Å². The van der Waals surface area contributed by atoms with E-state index in [4.69, 9.17) is 15.2 Å². The maximum Gasteiger partial charge on any atom is 0.0951 e. The standard InChI is InChI=1S/C17H24N2O2/c18-16-3-1-2-13-4-7-19(11-15(13)16)14-5-8-21-17(10-14)6-9-20-12-17/h1-3,14H,4-12,18H2. The highest BCUT2D eigenvalue weighted by Crippen LogP contribution is 2.36. The van der Waals surface area contributed by atoms with Crippen LogP contribution in [0.25, 0.3) is 0 Å². The second-order valence-corrected chi connectivity index (χ2v) is 6.69. The van der Waals surface area contributed by atoms with E-state index in [1.807, 2.05) is 6.07 Å². The number of nitrogens with two attached hydrogens (primary N) is 1. The van der Waals surface area contributed by atoms with E-state index in [1.165, 1.54) is 11.1 Å². The van der Waals surface area contributed by atoms with Crippen LogP contribution in [0.4, 0.5) is 5.69 Å². The van der Waals surface area contributed by atoms with Crippen molar-refractivity contribution >= 4 is 5.69 Å². The minimum atomic E-state index is -0.00851. The molecule has 4 rings (SSSR count). The fraction of sp³-hybridized carbons (Fsp3) is 0.647. The molecule has 0 aliphatic carbocycles. The Morgan fingerprint density at radius 3 is 3.10 bits per heavy atom. The Morgan fingerprint density at radius 1 is 1.29 bits per heavy atom. The van der Waals surface area contributed by atoms with E-state index in [9.17, 15) is 0 Å². The summed E-state index contributed by atoms with van der Waals surface area (Å²) in [6, 6.07) is 6.93. The van der Waals surface area contributed by atoms with Gasteiger partial charge in [0, 0.05) is 44.5 Å². The van der Waals surface area contributed by atoms with E-state index in [2.05, 4.69) is 17.0 Å². The normalized spacial score (nSPS) is 33.2. The lowest BCUT2D eigenvalue weighted by Crippen LogP contribution is -2.50. The Hall–Kier alpha value is -1.10. The van der Waals surface area contributed by atoms with Gasteiger partial charge in [0.25, 0.3) is 0 Å². The van der Waals surface area contributed by atoms with E-state index < -0.39 is 0 Å². The smallest absolute Gasteiger partial charge is 0.0951 e. The third kappa shape index (κ3) is 2.45. The molecule has 3 aliphatic heterocycles. The first-order chi connectivity index (χ1) is 10.3. The molecular formula is C17H24N2O2. The maximum absolute atomic E-state index is 6.18.